The zero-order valence-corrected chi connectivity index (χ0v) is 9.29. The summed E-state index contributed by atoms with van der Waals surface area (Å²) in [6.07, 6.45) is 12.3. The lowest BCUT2D eigenvalue weighted by atomic mass is 10.1. The van der Waals surface area contributed by atoms with E-state index in [1.54, 1.807) is 6.20 Å². The predicted molar refractivity (Wildman–Crippen MR) is 62.0 cm³/mol. The first-order chi connectivity index (χ1) is 6.86. The van der Waals surface area contributed by atoms with Crippen molar-refractivity contribution in [2.45, 2.75) is 12.8 Å². The van der Waals surface area contributed by atoms with Crippen LogP contribution >= 0.6 is 15.9 Å². The standard InChI is InChI=1S/C11H11BrN2/c12-10-6-7-13-8-11(10)14-9-4-2-1-3-5-9/h2,4-8,14H,1,3H2. The molecule has 0 spiro atoms. The highest BCUT2D eigenvalue weighted by molar-refractivity contribution is 9.10. The molecule has 14 heavy (non-hydrogen) atoms. The first kappa shape index (κ1) is 9.46. The topological polar surface area (TPSA) is 24.9 Å². The van der Waals surface area contributed by atoms with Crippen LogP contribution in [0.2, 0.25) is 0 Å². The number of aromatic nitrogens is 1. The Morgan fingerprint density at radius 3 is 3.00 bits per heavy atom. The molecule has 0 bridgehead atoms. The molecule has 1 N–H and O–H groups in total. The molecule has 3 heteroatoms. The fraction of sp³-hybridized carbons (Fsp3) is 0.182. The predicted octanol–water partition coefficient (Wildman–Crippen LogP) is 3.49. The molecule has 0 unspecified atom stereocenters. The van der Waals surface area contributed by atoms with E-state index in [0.717, 1.165) is 28.7 Å². The first-order valence-corrected chi connectivity index (χ1v) is 5.39. The maximum Gasteiger partial charge on any atom is 0.0714 e. The van der Waals surface area contributed by atoms with Gasteiger partial charge in [-0.25, -0.2) is 0 Å². The van der Waals surface area contributed by atoms with E-state index < -0.39 is 0 Å². The Hall–Kier alpha value is -1.09. The number of rotatable bonds is 2. The van der Waals surface area contributed by atoms with Crippen molar-refractivity contribution in [3.05, 3.63) is 46.9 Å². The second-order valence-corrected chi connectivity index (χ2v) is 3.97. The molecular formula is C11H11BrN2. The van der Waals surface area contributed by atoms with E-state index in [4.69, 9.17) is 0 Å². The molecule has 1 aromatic heterocycles. The molecule has 1 aliphatic rings. The van der Waals surface area contributed by atoms with Gasteiger partial charge >= 0.3 is 0 Å². The zero-order valence-electron chi connectivity index (χ0n) is 7.70. The first-order valence-electron chi connectivity index (χ1n) is 4.59. The van der Waals surface area contributed by atoms with Crippen molar-refractivity contribution in [2.24, 2.45) is 0 Å². The van der Waals surface area contributed by atoms with Gasteiger partial charge in [0.2, 0.25) is 0 Å². The molecule has 1 aromatic rings. The van der Waals surface area contributed by atoms with Crippen LogP contribution in [-0.2, 0) is 0 Å². The van der Waals surface area contributed by atoms with Gasteiger partial charge < -0.3 is 5.32 Å². The smallest absolute Gasteiger partial charge is 0.0714 e. The van der Waals surface area contributed by atoms with Gasteiger partial charge in [0, 0.05) is 16.4 Å². The molecule has 0 radical (unpaired) electrons. The Morgan fingerprint density at radius 1 is 1.36 bits per heavy atom. The second kappa shape index (κ2) is 4.42. The highest BCUT2D eigenvalue weighted by Gasteiger charge is 2.01. The molecule has 0 atom stereocenters. The van der Waals surface area contributed by atoms with Crippen LogP contribution in [0.25, 0.3) is 0 Å². The van der Waals surface area contributed by atoms with E-state index in [1.807, 2.05) is 12.3 Å². The lowest BCUT2D eigenvalue weighted by molar-refractivity contribution is 1.02. The van der Waals surface area contributed by atoms with E-state index >= 15 is 0 Å². The van der Waals surface area contributed by atoms with Crippen LogP contribution in [0.15, 0.2) is 46.9 Å². The van der Waals surface area contributed by atoms with Crippen LogP contribution in [0.1, 0.15) is 12.8 Å². The normalized spacial score (nSPS) is 15.1. The Bertz CT molecular complexity index is 383. The fourth-order valence-corrected chi connectivity index (χ4v) is 1.65. The summed E-state index contributed by atoms with van der Waals surface area (Å²) in [6.45, 7) is 0. The molecule has 2 rings (SSSR count). The third-order valence-electron chi connectivity index (χ3n) is 2.04. The third-order valence-corrected chi connectivity index (χ3v) is 2.73. The highest BCUT2D eigenvalue weighted by atomic mass is 79.9. The van der Waals surface area contributed by atoms with Gasteiger partial charge in [-0.2, -0.15) is 0 Å². The van der Waals surface area contributed by atoms with E-state index in [2.05, 4.69) is 44.5 Å². The summed E-state index contributed by atoms with van der Waals surface area (Å²) in [5, 5.41) is 3.31. The molecule has 0 saturated heterocycles. The molecule has 0 aliphatic heterocycles. The summed E-state index contributed by atoms with van der Waals surface area (Å²) >= 11 is 3.47. The maximum absolute atomic E-state index is 4.07. The van der Waals surface area contributed by atoms with Gasteiger partial charge in [0.05, 0.1) is 11.9 Å². The minimum absolute atomic E-state index is 1.00. The van der Waals surface area contributed by atoms with Crippen molar-refractivity contribution in [2.75, 3.05) is 5.32 Å². The molecule has 0 fully saturated rings. The average Bonchev–Trinajstić information content (AvgIpc) is 2.23. The van der Waals surface area contributed by atoms with Gasteiger partial charge in [0.1, 0.15) is 0 Å². The van der Waals surface area contributed by atoms with Crippen molar-refractivity contribution in [1.82, 2.24) is 4.98 Å². The van der Waals surface area contributed by atoms with E-state index in [0.29, 0.717) is 0 Å². The van der Waals surface area contributed by atoms with Gasteiger partial charge in [-0.3, -0.25) is 4.98 Å². The lowest BCUT2D eigenvalue weighted by Gasteiger charge is -2.10. The van der Waals surface area contributed by atoms with Gasteiger partial charge in [-0.1, -0.05) is 12.2 Å². The zero-order chi connectivity index (χ0) is 9.80. The summed E-state index contributed by atoms with van der Waals surface area (Å²) < 4.78 is 1.03. The Balaban J connectivity index is 2.14. The quantitative estimate of drug-likeness (QED) is 0.870. The van der Waals surface area contributed by atoms with E-state index in [9.17, 15) is 0 Å². The molecular weight excluding hydrogens is 240 g/mol. The number of pyridine rings is 1. The van der Waals surface area contributed by atoms with Crippen molar-refractivity contribution in [1.29, 1.82) is 0 Å². The lowest BCUT2D eigenvalue weighted by Crippen LogP contribution is -2.00. The van der Waals surface area contributed by atoms with Crippen LogP contribution in [-0.4, -0.2) is 4.98 Å². The third kappa shape index (κ3) is 2.23. The number of nitrogens with one attached hydrogen (secondary N) is 1. The summed E-state index contributed by atoms with van der Waals surface area (Å²) in [4.78, 5) is 4.07. The highest BCUT2D eigenvalue weighted by Crippen LogP contribution is 2.22. The molecule has 0 amide bonds. The summed E-state index contributed by atoms with van der Waals surface area (Å²) in [6, 6.07) is 1.93. The van der Waals surface area contributed by atoms with E-state index in [-0.39, 0.29) is 0 Å². The minimum Gasteiger partial charge on any atom is -0.354 e. The van der Waals surface area contributed by atoms with Gasteiger partial charge in [0.25, 0.3) is 0 Å². The van der Waals surface area contributed by atoms with Gasteiger partial charge in [-0.05, 0) is 40.9 Å². The molecule has 2 nitrogen and oxygen atoms in total. The fourth-order valence-electron chi connectivity index (χ4n) is 1.33. The van der Waals surface area contributed by atoms with Crippen LogP contribution in [0.4, 0.5) is 5.69 Å². The number of allylic oxidation sites excluding steroid dienone is 3. The van der Waals surface area contributed by atoms with Crippen molar-refractivity contribution in [3.63, 3.8) is 0 Å². The monoisotopic (exact) mass is 250 g/mol. The summed E-state index contributed by atoms with van der Waals surface area (Å²) in [5.41, 5.74) is 2.15. The number of halogens is 1. The van der Waals surface area contributed by atoms with E-state index in [1.165, 1.54) is 0 Å². The SMILES string of the molecule is Brc1ccncc1NC1=CCCC=C1. The summed E-state index contributed by atoms with van der Waals surface area (Å²) in [5.74, 6) is 0. The second-order valence-electron chi connectivity index (χ2n) is 3.12. The van der Waals surface area contributed by atoms with Crippen LogP contribution in [0.5, 0.6) is 0 Å². The minimum atomic E-state index is 1.00. The van der Waals surface area contributed by atoms with Crippen LogP contribution in [0, 0.1) is 0 Å². The largest absolute Gasteiger partial charge is 0.354 e. The average molecular weight is 251 g/mol. The Labute approximate surface area is 91.9 Å². The Morgan fingerprint density at radius 2 is 2.29 bits per heavy atom. The van der Waals surface area contributed by atoms with Crippen LogP contribution < -0.4 is 5.32 Å². The number of nitrogens with zero attached hydrogens (tertiary/aromatic N) is 1. The number of hydrogen-bond acceptors (Lipinski definition) is 2. The molecule has 0 saturated carbocycles. The molecule has 72 valence electrons. The van der Waals surface area contributed by atoms with Crippen molar-refractivity contribution < 1.29 is 0 Å². The Kier molecular flexibility index (Phi) is 2.99. The van der Waals surface area contributed by atoms with Crippen molar-refractivity contribution in [3.8, 4) is 0 Å². The number of hydrogen-bond donors (Lipinski definition) is 1. The number of anilines is 1. The summed E-state index contributed by atoms with van der Waals surface area (Å²) in [7, 11) is 0. The molecule has 0 aromatic carbocycles. The molecule has 1 aliphatic carbocycles. The van der Waals surface area contributed by atoms with Gasteiger partial charge in [0.15, 0.2) is 0 Å². The maximum atomic E-state index is 4.07. The van der Waals surface area contributed by atoms with Crippen molar-refractivity contribution >= 4 is 21.6 Å². The van der Waals surface area contributed by atoms with Gasteiger partial charge in [-0.15, -0.1) is 0 Å². The molecule has 1 heterocycles. The van der Waals surface area contributed by atoms with Crippen LogP contribution in [0.3, 0.4) is 0 Å².